The molecule has 0 saturated heterocycles. The molecule has 0 radical (unpaired) electrons. The molecule has 1 amide bonds. The van der Waals surface area contributed by atoms with E-state index in [2.05, 4.69) is 10.3 Å². The molecule has 3 rings (SSSR count). The Morgan fingerprint density at radius 3 is 2.37 bits per heavy atom. The largest absolute Gasteiger partial charge is 0.493 e. The molecule has 3 aromatic rings. The molecule has 0 bridgehead atoms. The summed E-state index contributed by atoms with van der Waals surface area (Å²) in [5, 5.41) is 4.10. The van der Waals surface area contributed by atoms with Crippen molar-refractivity contribution in [3.05, 3.63) is 69.6 Å². The van der Waals surface area contributed by atoms with E-state index in [1.54, 1.807) is 38.5 Å². The zero-order chi connectivity index (χ0) is 19.6. The van der Waals surface area contributed by atoms with Crippen molar-refractivity contribution < 1.29 is 14.3 Å². The summed E-state index contributed by atoms with van der Waals surface area (Å²) in [7, 11) is 3.16. The number of benzene rings is 2. The van der Waals surface area contributed by atoms with Gasteiger partial charge in [-0.1, -0.05) is 18.2 Å². The number of pyridine rings is 1. The lowest BCUT2D eigenvalue weighted by molar-refractivity contribution is 0.0941. The Morgan fingerprint density at radius 2 is 1.70 bits per heavy atom. The summed E-state index contributed by atoms with van der Waals surface area (Å²) in [5.74, 6) is 0.988. The van der Waals surface area contributed by atoms with Crippen molar-refractivity contribution in [2.24, 2.45) is 0 Å². The Kier molecular flexibility index (Phi) is 5.16. The summed E-state index contributed by atoms with van der Waals surface area (Å²) < 4.78 is 10.7. The van der Waals surface area contributed by atoms with Gasteiger partial charge >= 0.3 is 0 Å². The summed E-state index contributed by atoms with van der Waals surface area (Å²) in [4.78, 5) is 27.4. The van der Waals surface area contributed by atoms with E-state index in [1.807, 2.05) is 26.0 Å². The molecule has 0 spiro atoms. The Bertz CT molecular complexity index is 1060. The molecular formula is C21H22N2O4. The number of hydrogen-bond donors (Lipinski definition) is 2. The number of aromatic amines is 1. The Hall–Kier alpha value is -3.28. The highest BCUT2D eigenvalue weighted by Crippen LogP contribution is 2.33. The van der Waals surface area contributed by atoms with Crippen molar-refractivity contribution in [3.8, 4) is 11.5 Å². The number of fused-ring (bicyclic) bond motifs is 1. The van der Waals surface area contributed by atoms with Gasteiger partial charge in [-0.3, -0.25) is 9.59 Å². The third kappa shape index (κ3) is 3.51. The normalized spacial score (nSPS) is 11.9. The van der Waals surface area contributed by atoms with Crippen LogP contribution >= 0.6 is 0 Å². The first kappa shape index (κ1) is 18.5. The number of carbonyl (C=O) groups is 1. The van der Waals surface area contributed by atoms with Crippen LogP contribution in [-0.4, -0.2) is 25.1 Å². The van der Waals surface area contributed by atoms with Gasteiger partial charge in [0.2, 0.25) is 0 Å². The molecule has 27 heavy (non-hydrogen) atoms. The fraction of sp³-hybridized carbons (Fsp3) is 0.238. The molecule has 1 heterocycles. The van der Waals surface area contributed by atoms with Gasteiger partial charge in [-0.25, -0.2) is 0 Å². The number of H-pyrrole nitrogens is 1. The van der Waals surface area contributed by atoms with Crippen LogP contribution in [-0.2, 0) is 0 Å². The van der Waals surface area contributed by atoms with Gasteiger partial charge in [-0.2, -0.15) is 0 Å². The molecule has 0 aliphatic rings. The summed E-state index contributed by atoms with van der Waals surface area (Å²) in [6, 6.07) is 10.5. The summed E-state index contributed by atoms with van der Waals surface area (Å²) >= 11 is 0. The van der Waals surface area contributed by atoms with Gasteiger partial charge in [0.1, 0.15) is 0 Å². The van der Waals surface area contributed by atoms with E-state index in [0.717, 1.165) is 11.1 Å². The molecule has 0 aliphatic heterocycles. The van der Waals surface area contributed by atoms with E-state index in [0.29, 0.717) is 27.8 Å². The van der Waals surface area contributed by atoms with Crippen molar-refractivity contribution in [1.82, 2.24) is 10.3 Å². The number of ether oxygens (including phenoxy) is 2. The van der Waals surface area contributed by atoms with Gasteiger partial charge in [0.25, 0.3) is 11.5 Å². The number of nitrogens with one attached hydrogen (secondary N) is 2. The van der Waals surface area contributed by atoms with Gasteiger partial charge < -0.3 is 19.8 Å². The van der Waals surface area contributed by atoms with Crippen molar-refractivity contribution in [3.63, 3.8) is 0 Å². The molecular weight excluding hydrogens is 344 g/mol. The number of aryl methyl sites for hydroxylation is 1. The molecule has 6 nitrogen and oxygen atoms in total. The minimum Gasteiger partial charge on any atom is -0.493 e. The second kappa shape index (κ2) is 7.53. The van der Waals surface area contributed by atoms with Crippen LogP contribution in [0.5, 0.6) is 11.5 Å². The standard InChI is InChI=1S/C21H22N2O4/c1-12-9-18(26-3)19(27-4)10-16(12)13(2)23-21(25)17-11-22-20(24)15-8-6-5-7-14(15)17/h5-11,13H,1-4H3,(H,22,24)(H,23,25). The molecule has 1 aromatic heterocycles. The van der Waals surface area contributed by atoms with E-state index >= 15 is 0 Å². The number of methoxy groups -OCH3 is 2. The van der Waals surface area contributed by atoms with Gasteiger partial charge in [0.15, 0.2) is 11.5 Å². The average molecular weight is 366 g/mol. The molecule has 0 saturated carbocycles. The highest BCUT2D eigenvalue weighted by molar-refractivity contribution is 6.06. The zero-order valence-electron chi connectivity index (χ0n) is 15.8. The molecule has 0 fully saturated rings. The van der Waals surface area contributed by atoms with E-state index in [4.69, 9.17) is 9.47 Å². The van der Waals surface area contributed by atoms with Crippen molar-refractivity contribution in [1.29, 1.82) is 0 Å². The fourth-order valence-corrected chi connectivity index (χ4v) is 3.21. The van der Waals surface area contributed by atoms with Gasteiger partial charge in [-0.15, -0.1) is 0 Å². The minimum absolute atomic E-state index is 0.217. The maximum absolute atomic E-state index is 12.9. The van der Waals surface area contributed by atoms with E-state index < -0.39 is 0 Å². The zero-order valence-corrected chi connectivity index (χ0v) is 15.8. The van der Waals surface area contributed by atoms with Crippen molar-refractivity contribution >= 4 is 16.7 Å². The quantitative estimate of drug-likeness (QED) is 0.726. The predicted molar refractivity (Wildman–Crippen MR) is 105 cm³/mol. The van der Waals surface area contributed by atoms with E-state index in [9.17, 15) is 9.59 Å². The number of rotatable bonds is 5. The predicted octanol–water partition coefficient (Wildman–Crippen LogP) is 3.34. The van der Waals surface area contributed by atoms with Crippen LogP contribution in [0.4, 0.5) is 0 Å². The van der Waals surface area contributed by atoms with Crippen LogP contribution in [0.2, 0.25) is 0 Å². The Labute approximate surface area is 157 Å². The highest BCUT2D eigenvalue weighted by atomic mass is 16.5. The number of hydrogen-bond acceptors (Lipinski definition) is 4. The second-order valence-corrected chi connectivity index (χ2v) is 6.34. The molecule has 1 unspecified atom stereocenters. The highest BCUT2D eigenvalue weighted by Gasteiger charge is 2.18. The van der Waals surface area contributed by atoms with Gasteiger partial charge in [0.05, 0.1) is 25.8 Å². The lowest BCUT2D eigenvalue weighted by Crippen LogP contribution is -2.28. The summed E-state index contributed by atoms with van der Waals surface area (Å²) in [6.07, 6.45) is 1.45. The minimum atomic E-state index is -0.261. The first-order chi connectivity index (χ1) is 13.0. The van der Waals surface area contributed by atoms with Gasteiger partial charge in [-0.05, 0) is 43.2 Å². The number of aromatic nitrogens is 1. The Balaban J connectivity index is 1.93. The fourth-order valence-electron chi connectivity index (χ4n) is 3.21. The average Bonchev–Trinajstić information content (AvgIpc) is 2.67. The van der Waals surface area contributed by atoms with Crippen LogP contribution in [0.3, 0.4) is 0 Å². The third-order valence-corrected chi connectivity index (χ3v) is 4.64. The molecule has 2 aromatic carbocycles. The molecule has 140 valence electrons. The summed E-state index contributed by atoms with van der Waals surface area (Å²) in [6.45, 7) is 3.86. The monoisotopic (exact) mass is 366 g/mol. The van der Waals surface area contributed by atoms with Crippen LogP contribution < -0.4 is 20.3 Å². The number of carbonyl (C=O) groups excluding carboxylic acids is 1. The summed E-state index contributed by atoms with van der Waals surface area (Å²) in [5.41, 5.74) is 2.11. The second-order valence-electron chi connectivity index (χ2n) is 6.34. The smallest absolute Gasteiger partial charge is 0.255 e. The molecule has 2 N–H and O–H groups in total. The lowest BCUT2D eigenvalue weighted by Gasteiger charge is -2.19. The lowest BCUT2D eigenvalue weighted by atomic mass is 10.0. The first-order valence-corrected chi connectivity index (χ1v) is 8.60. The maximum atomic E-state index is 12.9. The SMILES string of the molecule is COc1cc(C)c(C(C)NC(=O)c2c[nH]c(=O)c3ccccc23)cc1OC. The van der Waals surface area contributed by atoms with Crippen LogP contribution in [0, 0.1) is 6.92 Å². The molecule has 1 atom stereocenters. The maximum Gasteiger partial charge on any atom is 0.255 e. The molecule has 0 aliphatic carbocycles. The Morgan fingerprint density at radius 1 is 1.07 bits per heavy atom. The third-order valence-electron chi connectivity index (χ3n) is 4.64. The van der Waals surface area contributed by atoms with Crippen molar-refractivity contribution in [2.45, 2.75) is 19.9 Å². The van der Waals surface area contributed by atoms with E-state index in [-0.39, 0.29) is 17.5 Å². The number of amides is 1. The van der Waals surface area contributed by atoms with E-state index in [1.165, 1.54) is 6.20 Å². The molecule has 6 heteroatoms. The van der Waals surface area contributed by atoms with Crippen LogP contribution in [0.1, 0.15) is 34.5 Å². The van der Waals surface area contributed by atoms with Crippen molar-refractivity contribution in [2.75, 3.05) is 14.2 Å². The topological polar surface area (TPSA) is 80.4 Å². The first-order valence-electron chi connectivity index (χ1n) is 8.60. The van der Waals surface area contributed by atoms with Gasteiger partial charge in [0, 0.05) is 17.0 Å². The van der Waals surface area contributed by atoms with Crippen LogP contribution in [0.25, 0.3) is 10.8 Å². The van der Waals surface area contributed by atoms with Crippen LogP contribution in [0.15, 0.2) is 47.4 Å².